The summed E-state index contributed by atoms with van der Waals surface area (Å²) in [5.74, 6) is -0.246. The van der Waals surface area contributed by atoms with Crippen molar-refractivity contribution in [2.24, 2.45) is 0 Å². The number of hydrogen-bond acceptors (Lipinski definition) is 4. The Labute approximate surface area is 213 Å². The van der Waals surface area contributed by atoms with Gasteiger partial charge in [0, 0.05) is 17.0 Å². The largest absolute Gasteiger partial charge is 0.376 e. The molecule has 0 aliphatic carbocycles. The first-order valence-corrected chi connectivity index (χ1v) is 13.6. The Bertz CT molecular complexity index is 1390. The summed E-state index contributed by atoms with van der Waals surface area (Å²) in [5.41, 5.74) is 4.27. The minimum atomic E-state index is -3.63. The van der Waals surface area contributed by atoms with Gasteiger partial charge in [-0.25, -0.2) is 8.42 Å². The SMILES string of the molecule is CC1=CC(C)(C)Nc2c(C(=O)NC(C=CS(=O)(=O)c3ccccc3)CCc3ccccc3)cccc21. The maximum atomic E-state index is 13.5. The fourth-order valence-corrected chi connectivity index (χ4v) is 5.59. The molecule has 1 aliphatic rings. The molecule has 4 rings (SSSR count). The van der Waals surface area contributed by atoms with E-state index in [4.69, 9.17) is 0 Å². The van der Waals surface area contributed by atoms with Crippen LogP contribution in [-0.2, 0) is 16.3 Å². The number of para-hydroxylation sites is 1. The quantitative estimate of drug-likeness (QED) is 0.397. The van der Waals surface area contributed by atoms with E-state index < -0.39 is 15.9 Å². The number of rotatable bonds is 8. The standard InChI is InChI=1S/C30H32N2O3S/c1-22-21-30(2,3)32-28-26(22)15-10-16-27(28)29(33)31-24(18-17-23-11-6-4-7-12-23)19-20-36(34,35)25-13-8-5-9-14-25/h4-16,19-21,24,32H,17-18H2,1-3H3,(H,31,33). The third-order valence-corrected chi connectivity index (χ3v) is 7.67. The molecule has 3 aromatic rings. The first-order valence-electron chi connectivity index (χ1n) is 12.1. The number of benzene rings is 3. The van der Waals surface area contributed by atoms with Crippen molar-refractivity contribution in [3.63, 3.8) is 0 Å². The Balaban J connectivity index is 1.60. The van der Waals surface area contributed by atoms with Crippen LogP contribution < -0.4 is 10.6 Å². The number of nitrogens with one attached hydrogen (secondary N) is 2. The molecule has 0 saturated carbocycles. The van der Waals surface area contributed by atoms with Gasteiger partial charge in [-0.15, -0.1) is 0 Å². The summed E-state index contributed by atoms with van der Waals surface area (Å²) >= 11 is 0. The molecule has 2 N–H and O–H groups in total. The number of carbonyl (C=O) groups excluding carboxylic acids is 1. The lowest BCUT2D eigenvalue weighted by atomic mass is 9.89. The highest BCUT2D eigenvalue weighted by Crippen LogP contribution is 2.36. The van der Waals surface area contributed by atoms with E-state index in [0.717, 1.165) is 22.4 Å². The Hall–Kier alpha value is -3.64. The van der Waals surface area contributed by atoms with E-state index in [-0.39, 0.29) is 16.3 Å². The minimum absolute atomic E-state index is 0.222. The van der Waals surface area contributed by atoms with Gasteiger partial charge in [-0.3, -0.25) is 4.79 Å². The molecule has 5 nitrogen and oxygen atoms in total. The van der Waals surface area contributed by atoms with Crippen LogP contribution in [0.4, 0.5) is 5.69 Å². The molecule has 6 heteroatoms. The topological polar surface area (TPSA) is 75.3 Å². The molecule has 0 aromatic heterocycles. The molecule has 1 heterocycles. The average Bonchev–Trinajstić information content (AvgIpc) is 2.86. The van der Waals surface area contributed by atoms with E-state index >= 15 is 0 Å². The second kappa shape index (κ2) is 10.5. The lowest BCUT2D eigenvalue weighted by Crippen LogP contribution is -2.37. The number of hydrogen-bond donors (Lipinski definition) is 2. The number of anilines is 1. The molecule has 0 saturated heterocycles. The highest BCUT2D eigenvalue weighted by atomic mass is 32.2. The predicted octanol–water partition coefficient (Wildman–Crippen LogP) is 6.01. The van der Waals surface area contributed by atoms with Crippen molar-refractivity contribution in [2.75, 3.05) is 5.32 Å². The Morgan fingerprint density at radius 2 is 1.64 bits per heavy atom. The van der Waals surface area contributed by atoms with Crippen LogP contribution in [0.3, 0.4) is 0 Å². The number of sulfone groups is 1. The van der Waals surface area contributed by atoms with Crippen molar-refractivity contribution in [3.8, 4) is 0 Å². The van der Waals surface area contributed by atoms with E-state index in [1.807, 2.05) is 49.4 Å². The second-order valence-corrected chi connectivity index (χ2v) is 11.5. The number of aryl methyl sites for hydroxylation is 1. The van der Waals surface area contributed by atoms with Gasteiger partial charge in [0.2, 0.25) is 0 Å². The van der Waals surface area contributed by atoms with Crippen LogP contribution in [0, 0.1) is 0 Å². The highest BCUT2D eigenvalue weighted by molar-refractivity contribution is 7.94. The molecule has 186 valence electrons. The number of fused-ring (bicyclic) bond motifs is 1. The molecule has 3 aromatic carbocycles. The van der Waals surface area contributed by atoms with Gasteiger partial charge < -0.3 is 10.6 Å². The summed E-state index contributed by atoms with van der Waals surface area (Å²) in [7, 11) is -3.63. The smallest absolute Gasteiger partial charge is 0.253 e. The molecule has 1 unspecified atom stereocenters. The first-order chi connectivity index (χ1) is 17.1. The van der Waals surface area contributed by atoms with Crippen molar-refractivity contribution in [1.82, 2.24) is 5.32 Å². The second-order valence-electron chi connectivity index (χ2n) is 9.69. The third kappa shape index (κ3) is 6.13. The molecule has 1 amide bonds. The van der Waals surface area contributed by atoms with Crippen molar-refractivity contribution in [2.45, 2.75) is 50.1 Å². The number of allylic oxidation sites excluding steroid dienone is 1. The monoisotopic (exact) mass is 500 g/mol. The summed E-state index contributed by atoms with van der Waals surface area (Å²) in [6.07, 6.45) is 4.99. The predicted molar refractivity (Wildman–Crippen MR) is 147 cm³/mol. The zero-order valence-corrected chi connectivity index (χ0v) is 21.7. The van der Waals surface area contributed by atoms with E-state index in [9.17, 15) is 13.2 Å². The summed E-state index contributed by atoms with van der Waals surface area (Å²) in [4.78, 5) is 13.7. The van der Waals surface area contributed by atoms with Gasteiger partial charge in [-0.05, 0) is 62.9 Å². The molecular formula is C30H32N2O3S. The van der Waals surface area contributed by atoms with Gasteiger partial charge in [0.25, 0.3) is 5.91 Å². The van der Waals surface area contributed by atoms with Crippen molar-refractivity contribution in [3.05, 3.63) is 113 Å². The van der Waals surface area contributed by atoms with E-state index in [1.165, 1.54) is 5.41 Å². The number of carbonyl (C=O) groups is 1. The zero-order chi connectivity index (χ0) is 25.8. The van der Waals surface area contributed by atoms with Crippen LogP contribution in [0.15, 0.2) is 101 Å². The van der Waals surface area contributed by atoms with Crippen molar-refractivity contribution >= 4 is 27.0 Å². The molecule has 0 spiro atoms. The molecule has 1 atom stereocenters. The highest BCUT2D eigenvalue weighted by Gasteiger charge is 2.27. The fourth-order valence-electron chi connectivity index (χ4n) is 4.50. The number of amides is 1. The van der Waals surface area contributed by atoms with Crippen LogP contribution in [0.5, 0.6) is 0 Å². The normalized spacial score (nSPS) is 15.5. The Kier molecular flexibility index (Phi) is 7.45. The van der Waals surface area contributed by atoms with Crippen LogP contribution in [0.25, 0.3) is 5.57 Å². The summed E-state index contributed by atoms with van der Waals surface area (Å²) in [6, 6.07) is 23.4. The molecule has 0 bridgehead atoms. The molecule has 36 heavy (non-hydrogen) atoms. The lowest BCUT2D eigenvalue weighted by Gasteiger charge is -2.32. The average molecular weight is 501 g/mol. The van der Waals surface area contributed by atoms with Gasteiger partial charge in [0.1, 0.15) is 0 Å². The molecule has 0 fully saturated rings. The molecule has 0 radical (unpaired) electrons. The van der Waals surface area contributed by atoms with Gasteiger partial charge in [-0.1, -0.05) is 72.8 Å². The molecular weight excluding hydrogens is 468 g/mol. The third-order valence-electron chi connectivity index (χ3n) is 6.22. The van der Waals surface area contributed by atoms with Gasteiger partial charge in [0.05, 0.1) is 21.7 Å². The van der Waals surface area contributed by atoms with Crippen LogP contribution in [-0.4, -0.2) is 25.9 Å². The van der Waals surface area contributed by atoms with Gasteiger partial charge in [0.15, 0.2) is 9.84 Å². The maximum absolute atomic E-state index is 13.5. The fraction of sp³-hybridized carbons (Fsp3) is 0.233. The Morgan fingerprint density at radius 3 is 2.33 bits per heavy atom. The van der Waals surface area contributed by atoms with E-state index in [1.54, 1.807) is 42.5 Å². The van der Waals surface area contributed by atoms with Crippen LogP contribution in [0.1, 0.15) is 48.7 Å². The van der Waals surface area contributed by atoms with Crippen molar-refractivity contribution in [1.29, 1.82) is 0 Å². The lowest BCUT2D eigenvalue weighted by molar-refractivity contribution is 0.0943. The maximum Gasteiger partial charge on any atom is 0.253 e. The van der Waals surface area contributed by atoms with Gasteiger partial charge >= 0.3 is 0 Å². The summed E-state index contributed by atoms with van der Waals surface area (Å²) in [5, 5.41) is 7.75. The zero-order valence-electron chi connectivity index (χ0n) is 20.9. The minimum Gasteiger partial charge on any atom is -0.376 e. The van der Waals surface area contributed by atoms with E-state index in [0.29, 0.717) is 18.4 Å². The van der Waals surface area contributed by atoms with Gasteiger partial charge in [-0.2, -0.15) is 0 Å². The van der Waals surface area contributed by atoms with Crippen molar-refractivity contribution < 1.29 is 13.2 Å². The van der Waals surface area contributed by atoms with Crippen LogP contribution in [0.2, 0.25) is 0 Å². The summed E-state index contributed by atoms with van der Waals surface area (Å²) < 4.78 is 25.7. The first kappa shape index (κ1) is 25.5. The molecule has 1 aliphatic heterocycles. The summed E-state index contributed by atoms with van der Waals surface area (Å²) in [6.45, 7) is 6.17. The van der Waals surface area contributed by atoms with Crippen LogP contribution >= 0.6 is 0 Å². The Morgan fingerprint density at radius 1 is 0.972 bits per heavy atom. The van der Waals surface area contributed by atoms with E-state index in [2.05, 4.69) is 30.6 Å².